The van der Waals surface area contributed by atoms with Gasteiger partial charge in [0.15, 0.2) is 0 Å². The second-order valence-corrected chi connectivity index (χ2v) is 12.1. The lowest BCUT2D eigenvalue weighted by Crippen LogP contribution is -2.40. The first kappa shape index (κ1) is 23.2. The van der Waals surface area contributed by atoms with Crippen LogP contribution in [0.15, 0.2) is 48.0 Å². The van der Waals surface area contributed by atoms with Crippen molar-refractivity contribution < 1.29 is 8.42 Å². The molecule has 0 saturated carbocycles. The van der Waals surface area contributed by atoms with E-state index in [0.717, 1.165) is 19.3 Å². The maximum Gasteiger partial charge on any atom is 0.215 e. The van der Waals surface area contributed by atoms with Crippen LogP contribution in [0.1, 0.15) is 47.6 Å². The number of fused-ring (bicyclic) bond motifs is 1. The monoisotopic (exact) mass is 452 g/mol. The molecule has 1 fully saturated rings. The fraction of sp³-hybridized carbons (Fsp3) is 0.481. The van der Waals surface area contributed by atoms with Crippen molar-refractivity contribution in [3.8, 4) is 0 Å². The number of hydrogen-bond acceptors (Lipinski definition) is 3. The Kier molecular flexibility index (Phi) is 6.36. The summed E-state index contributed by atoms with van der Waals surface area (Å²) in [7, 11) is 0.623. The first-order valence-electron chi connectivity index (χ1n) is 11.6. The van der Waals surface area contributed by atoms with Crippen molar-refractivity contribution >= 4 is 15.6 Å². The average molecular weight is 453 g/mol. The third-order valence-corrected chi connectivity index (χ3v) is 9.22. The number of rotatable bonds is 5. The average Bonchev–Trinajstić information content (AvgIpc) is 3.05. The maximum atomic E-state index is 12.8. The molecule has 1 aliphatic heterocycles. The Balaban J connectivity index is 1.71. The topological polar surface area (TPSA) is 40.6 Å². The molecule has 2 aliphatic rings. The van der Waals surface area contributed by atoms with Crippen molar-refractivity contribution in [3.05, 3.63) is 75.9 Å². The Labute approximate surface area is 194 Å². The van der Waals surface area contributed by atoms with Crippen LogP contribution in [0.5, 0.6) is 0 Å². The summed E-state index contributed by atoms with van der Waals surface area (Å²) in [5.74, 6) is 0.189. The number of aryl methyl sites for hydroxylation is 2. The highest BCUT2D eigenvalue weighted by atomic mass is 32.2. The third kappa shape index (κ3) is 4.30. The molecule has 2 aromatic rings. The van der Waals surface area contributed by atoms with Crippen molar-refractivity contribution in [1.82, 2.24) is 9.21 Å². The van der Waals surface area contributed by atoms with E-state index in [2.05, 4.69) is 63.2 Å². The van der Waals surface area contributed by atoms with Gasteiger partial charge in [-0.15, -0.1) is 0 Å². The van der Waals surface area contributed by atoms with Gasteiger partial charge in [0, 0.05) is 25.0 Å². The van der Waals surface area contributed by atoms with Crippen molar-refractivity contribution in [2.24, 2.45) is 0 Å². The smallest absolute Gasteiger partial charge is 0.215 e. The van der Waals surface area contributed by atoms with E-state index in [0.29, 0.717) is 19.6 Å². The number of sulfonamides is 1. The second kappa shape index (κ2) is 8.77. The summed E-state index contributed by atoms with van der Waals surface area (Å²) < 4.78 is 27.4. The predicted octanol–water partition coefficient (Wildman–Crippen LogP) is 4.56. The largest absolute Gasteiger partial charge is 0.308 e. The van der Waals surface area contributed by atoms with Crippen LogP contribution in [0, 0.1) is 13.8 Å². The molecule has 0 N–H and O–H groups in total. The Bertz CT molecular complexity index is 1130. The molecule has 4 nitrogen and oxygen atoms in total. The standard InChI is InChI=1S/C27H36N2O2S/c1-20-17-23-19-27(3,24-9-7-6-8-10-24)26(25(23)18-21(20)2)22-11-13-29(14-12-22)32(30,31)16-15-28(4)5/h6-10,17-18H,11-16,19H2,1-5H3. The van der Waals surface area contributed by atoms with E-state index in [4.69, 9.17) is 0 Å². The van der Waals surface area contributed by atoms with E-state index in [1.54, 1.807) is 4.31 Å². The molecule has 0 bridgehead atoms. The number of piperidine rings is 1. The quantitative estimate of drug-likeness (QED) is 0.668. The summed E-state index contributed by atoms with van der Waals surface area (Å²) in [6.07, 6.45) is 2.62. The molecule has 0 spiro atoms. The molecule has 1 aliphatic carbocycles. The summed E-state index contributed by atoms with van der Waals surface area (Å²) in [5.41, 5.74) is 9.58. The molecule has 1 saturated heterocycles. The lowest BCUT2D eigenvalue weighted by molar-refractivity contribution is 0.376. The van der Waals surface area contributed by atoms with Gasteiger partial charge in [0.05, 0.1) is 5.75 Å². The molecule has 1 heterocycles. The highest BCUT2D eigenvalue weighted by Gasteiger charge is 2.42. The molecule has 1 atom stereocenters. The van der Waals surface area contributed by atoms with Gasteiger partial charge in [-0.05, 0) is 80.6 Å². The first-order chi connectivity index (χ1) is 15.1. The first-order valence-corrected chi connectivity index (χ1v) is 13.2. The fourth-order valence-corrected chi connectivity index (χ4v) is 6.96. The number of allylic oxidation sites excluding steroid dienone is 1. The molecule has 32 heavy (non-hydrogen) atoms. The lowest BCUT2D eigenvalue weighted by atomic mass is 9.73. The van der Waals surface area contributed by atoms with Gasteiger partial charge < -0.3 is 4.90 Å². The summed E-state index contributed by atoms with van der Waals surface area (Å²) >= 11 is 0. The van der Waals surface area contributed by atoms with E-state index in [-0.39, 0.29) is 11.2 Å². The van der Waals surface area contributed by atoms with Crippen molar-refractivity contribution in [2.45, 2.75) is 45.4 Å². The van der Waals surface area contributed by atoms with E-state index < -0.39 is 10.0 Å². The van der Waals surface area contributed by atoms with Crippen molar-refractivity contribution in [3.63, 3.8) is 0 Å². The zero-order valence-corrected chi connectivity index (χ0v) is 20.9. The Hall–Kier alpha value is -1.95. The predicted molar refractivity (Wildman–Crippen MR) is 133 cm³/mol. The SMILES string of the molecule is Cc1cc2c(cc1C)C(=C1CCN(S(=O)(=O)CCN(C)C)CC1)C(C)(c1ccccc1)C2. The lowest BCUT2D eigenvalue weighted by Gasteiger charge is -2.34. The highest BCUT2D eigenvalue weighted by molar-refractivity contribution is 7.89. The van der Waals surface area contributed by atoms with Crippen LogP contribution in [-0.4, -0.2) is 57.1 Å². The second-order valence-electron chi connectivity index (χ2n) is 9.97. The number of benzene rings is 2. The Morgan fingerprint density at radius 1 is 1.00 bits per heavy atom. The normalized spacial score (nSPS) is 21.9. The van der Waals surface area contributed by atoms with Gasteiger partial charge in [0.1, 0.15) is 0 Å². The minimum absolute atomic E-state index is 0.0782. The molecule has 4 rings (SSSR count). The number of nitrogens with zero attached hydrogens (tertiary/aromatic N) is 2. The van der Waals surface area contributed by atoms with Crippen molar-refractivity contribution in [2.75, 3.05) is 39.5 Å². The molecular formula is C27H36N2O2S. The fourth-order valence-electron chi connectivity index (χ4n) is 5.37. The van der Waals surface area contributed by atoms with Gasteiger partial charge in [-0.3, -0.25) is 0 Å². The van der Waals surface area contributed by atoms with Crippen LogP contribution in [-0.2, 0) is 21.9 Å². The molecule has 0 aromatic heterocycles. The summed E-state index contributed by atoms with van der Waals surface area (Å²) in [6.45, 7) is 8.48. The van der Waals surface area contributed by atoms with Gasteiger partial charge in [-0.25, -0.2) is 12.7 Å². The van der Waals surface area contributed by atoms with Crippen molar-refractivity contribution in [1.29, 1.82) is 0 Å². The van der Waals surface area contributed by atoms with Gasteiger partial charge in [0.2, 0.25) is 10.0 Å². The van der Waals surface area contributed by atoms with E-state index in [9.17, 15) is 8.42 Å². The van der Waals surface area contributed by atoms with Gasteiger partial charge >= 0.3 is 0 Å². The highest BCUT2D eigenvalue weighted by Crippen LogP contribution is 2.51. The van der Waals surface area contributed by atoms with Gasteiger partial charge in [-0.2, -0.15) is 0 Å². The minimum atomic E-state index is -3.21. The summed E-state index contributed by atoms with van der Waals surface area (Å²) in [4.78, 5) is 1.93. The molecule has 5 heteroatoms. The van der Waals surface area contributed by atoms with Gasteiger partial charge in [0.25, 0.3) is 0 Å². The van der Waals surface area contributed by atoms with E-state index >= 15 is 0 Å². The van der Waals surface area contributed by atoms with E-state index in [1.807, 2.05) is 19.0 Å². The van der Waals surface area contributed by atoms with Crippen LogP contribution < -0.4 is 0 Å². The molecule has 172 valence electrons. The molecule has 2 aromatic carbocycles. The van der Waals surface area contributed by atoms with Crippen LogP contribution in [0.2, 0.25) is 0 Å². The summed E-state index contributed by atoms with van der Waals surface area (Å²) in [6, 6.07) is 15.5. The molecular weight excluding hydrogens is 416 g/mol. The van der Waals surface area contributed by atoms with Gasteiger partial charge in [-0.1, -0.05) is 55.0 Å². The minimum Gasteiger partial charge on any atom is -0.308 e. The maximum absolute atomic E-state index is 12.8. The van der Waals surface area contributed by atoms with Crippen LogP contribution >= 0.6 is 0 Å². The Morgan fingerprint density at radius 2 is 1.62 bits per heavy atom. The molecule has 1 unspecified atom stereocenters. The van der Waals surface area contributed by atoms with Crippen LogP contribution in [0.25, 0.3) is 5.57 Å². The summed E-state index contributed by atoms with van der Waals surface area (Å²) in [5, 5.41) is 0. The number of hydrogen-bond donors (Lipinski definition) is 0. The molecule has 0 amide bonds. The zero-order chi connectivity index (χ0) is 23.1. The van der Waals surface area contributed by atoms with Crippen LogP contribution in [0.3, 0.4) is 0 Å². The van der Waals surface area contributed by atoms with Crippen LogP contribution in [0.4, 0.5) is 0 Å². The third-order valence-electron chi connectivity index (χ3n) is 7.36. The molecule has 0 radical (unpaired) electrons. The Morgan fingerprint density at radius 3 is 2.25 bits per heavy atom. The van der Waals surface area contributed by atoms with E-state index in [1.165, 1.54) is 39.0 Å². The zero-order valence-electron chi connectivity index (χ0n) is 20.1.